The largest absolute Gasteiger partial charge is 0.484 e. The molecular formula is C25H27FN2O3. The highest BCUT2D eigenvalue weighted by Gasteiger charge is 2.39. The minimum Gasteiger partial charge on any atom is -0.484 e. The molecular weight excluding hydrogens is 395 g/mol. The first-order chi connectivity index (χ1) is 15.1. The monoisotopic (exact) mass is 422 g/mol. The lowest BCUT2D eigenvalue weighted by Gasteiger charge is -2.38. The molecule has 2 heterocycles. The van der Waals surface area contributed by atoms with Crippen molar-refractivity contribution in [1.82, 2.24) is 9.80 Å². The van der Waals surface area contributed by atoms with Crippen molar-refractivity contribution in [2.75, 3.05) is 26.2 Å². The fourth-order valence-corrected chi connectivity index (χ4v) is 4.72. The SMILES string of the molecule is O=C(COc1ccc2c(c1)C(c1cccc(F)c1)N(C(=O)C1CC1)CC2)N1CCCC1. The summed E-state index contributed by atoms with van der Waals surface area (Å²) in [6.07, 6.45) is 4.71. The predicted molar refractivity (Wildman–Crippen MR) is 114 cm³/mol. The molecule has 1 atom stereocenters. The summed E-state index contributed by atoms with van der Waals surface area (Å²) in [6.45, 7) is 2.23. The fourth-order valence-electron chi connectivity index (χ4n) is 4.72. The number of halogens is 1. The van der Waals surface area contributed by atoms with E-state index in [0.29, 0.717) is 12.3 Å². The van der Waals surface area contributed by atoms with Crippen LogP contribution in [-0.2, 0) is 16.0 Å². The number of likely N-dealkylation sites (tertiary alicyclic amines) is 1. The topological polar surface area (TPSA) is 49.9 Å². The Labute approximate surface area is 181 Å². The third-order valence-corrected chi connectivity index (χ3v) is 6.54. The van der Waals surface area contributed by atoms with E-state index in [-0.39, 0.29) is 36.2 Å². The molecule has 3 aliphatic rings. The number of benzene rings is 2. The lowest BCUT2D eigenvalue weighted by atomic mass is 9.87. The number of nitrogens with zero attached hydrogens (tertiary/aromatic N) is 2. The summed E-state index contributed by atoms with van der Waals surface area (Å²) in [5.74, 6) is 0.536. The van der Waals surface area contributed by atoms with E-state index in [0.717, 1.165) is 61.9 Å². The molecule has 0 radical (unpaired) electrons. The van der Waals surface area contributed by atoms with Gasteiger partial charge >= 0.3 is 0 Å². The molecule has 2 aromatic rings. The van der Waals surface area contributed by atoms with Gasteiger partial charge in [-0.05, 0) is 73.1 Å². The first kappa shape index (κ1) is 20.0. The molecule has 31 heavy (non-hydrogen) atoms. The van der Waals surface area contributed by atoms with Gasteiger partial charge < -0.3 is 14.5 Å². The lowest BCUT2D eigenvalue weighted by molar-refractivity contribution is -0.134. The number of hydrogen-bond acceptors (Lipinski definition) is 3. The Hall–Kier alpha value is -2.89. The van der Waals surface area contributed by atoms with Gasteiger partial charge in [0.2, 0.25) is 5.91 Å². The second-order valence-electron chi connectivity index (χ2n) is 8.75. The third kappa shape index (κ3) is 4.16. The third-order valence-electron chi connectivity index (χ3n) is 6.54. The molecule has 2 aliphatic heterocycles. The minimum absolute atomic E-state index is 0.00226. The molecule has 2 aromatic carbocycles. The van der Waals surface area contributed by atoms with Crippen molar-refractivity contribution >= 4 is 11.8 Å². The zero-order valence-electron chi connectivity index (χ0n) is 17.6. The van der Waals surface area contributed by atoms with E-state index in [4.69, 9.17) is 4.74 Å². The van der Waals surface area contributed by atoms with Crippen molar-refractivity contribution in [2.45, 2.75) is 38.1 Å². The van der Waals surface area contributed by atoms with Crippen LogP contribution in [0.1, 0.15) is 48.4 Å². The first-order valence-electron chi connectivity index (χ1n) is 11.2. The van der Waals surface area contributed by atoms with Gasteiger partial charge in [0.05, 0.1) is 6.04 Å². The molecule has 0 spiro atoms. The Balaban J connectivity index is 1.43. The van der Waals surface area contributed by atoms with Crippen LogP contribution < -0.4 is 4.74 Å². The fraction of sp³-hybridized carbons (Fsp3) is 0.440. The van der Waals surface area contributed by atoms with Crippen molar-refractivity contribution in [3.63, 3.8) is 0 Å². The Morgan fingerprint density at radius 2 is 1.84 bits per heavy atom. The second-order valence-corrected chi connectivity index (χ2v) is 8.75. The van der Waals surface area contributed by atoms with E-state index in [1.165, 1.54) is 12.1 Å². The highest BCUT2D eigenvalue weighted by atomic mass is 19.1. The minimum atomic E-state index is -0.342. The van der Waals surface area contributed by atoms with Crippen LogP contribution in [-0.4, -0.2) is 47.9 Å². The Morgan fingerprint density at radius 1 is 1.03 bits per heavy atom. The molecule has 162 valence electrons. The van der Waals surface area contributed by atoms with Crippen LogP contribution >= 0.6 is 0 Å². The number of fused-ring (bicyclic) bond motifs is 1. The van der Waals surface area contributed by atoms with Crippen molar-refractivity contribution in [3.05, 3.63) is 65.0 Å². The van der Waals surface area contributed by atoms with Crippen molar-refractivity contribution < 1.29 is 18.7 Å². The summed E-state index contributed by atoms with van der Waals surface area (Å²) in [4.78, 5) is 29.1. The summed E-state index contributed by atoms with van der Waals surface area (Å²) < 4.78 is 19.9. The molecule has 5 nitrogen and oxygen atoms in total. The van der Waals surface area contributed by atoms with Crippen LogP contribution in [0.2, 0.25) is 0 Å². The van der Waals surface area contributed by atoms with Gasteiger partial charge in [-0.1, -0.05) is 18.2 Å². The molecule has 1 aliphatic carbocycles. The molecule has 2 amide bonds. The second kappa shape index (κ2) is 8.33. The number of carbonyl (C=O) groups excluding carboxylic acids is 2. The van der Waals surface area contributed by atoms with Gasteiger partial charge in [0, 0.05) is 25.6 Å². The summed E-state index contributed by atoms with van der Waals surface area (Å²) in [6, 6.07) is 12.0. The van der Waals surface area contributed by atoms with Crippen molar-refractivity contribution in [1.29, 1.82) is 0 Å². The van der Waals surface area contributed by atoms with Crippen LogP contribution in [0.15, 0.2) is 42.5 Å². The van der Waals surface area contributed by atoms with Crippen LogP contribution in [0.25, 0.3) is 0 Å². The Bertz CT molecular complexity index is 998. The van der Waals surface area contributed by atoms with Crippen LogP contribution in [0.5, 0.6) is 5.75 Å². The van der Waals surface area contributed by atoms with E-state index in [9.17, 15) is 14.0 Å². The summed E-state index contributed by atoms with van der Waals surface area (Å²) in [7, 11) is 0. The van der Waals surface area contributed by atoms with Crippen LogP contribution in [0, 0.1) is 11.7 Å². The molecule has 1 unspecified atom stereocenters. The maximum Gasteiger partial charge on any atom is 0.260 e. The lowest BCUT2D eigenvalue weighted by Crippen LogP contribution is -2.41. The number of amides is 2. The smallest absolute Gasteiger partial charge is 0.260 e. The van der Waals surface area contributed by atoms with Crippen LogP contribution in [0.4, 0.5) is 4.39 Å². The maximum absolute atomic E-state index is 14.1. The first-order valence-corrected chi connectivity index (χ1v) is 11.2. The van der Waals surface area contributed by atoms with Crippen molar-refractivity contribution in [2.24, 2.45) is 5.92 Å². The molecule has 5 rings (SSSR count). The van der Waals surface area contributed by atoms with Gasteiger partial charge in [0.15, 0.2) is 6.61 Å². The average Bonchev–Trinajstić information content (AvgIpc) is 3.49. The van der Waals surface area contributed by atoms with Gasteiger partial charge in [0.25, 0.3) is 5.91 Å². The van der Waals surface area contributed by atoms with Gasteiger partial charge in [-0.25, -0.2) is 4.39 Å². The molecule has 0 bridgehead atoms. The van der Waals surface area contributed by atoms with Gasteiger partial charge in [-0.2, -0.15) is 0 Å². The average molecular weight is 423 g/mol. The molecule has 0 N–H and O–H groups in total. The van der Waals surface area contributed by atoms with Gasteiger partial charge in [0.1, 0.15) is 11.6 Å². The van der Waals surface area contributed by atoms with Crippen molar-refractivity contribution in [3.8, 4) is 5.75 Å². The molecule has 1 saturated heterocycles. The number of hydrogen-bond donors (Lipinski definition) is 0. The van der Waals surface area contributed by atoms with E-state index < -0.39 is 0 Å². The quantitative estimate of drug-likeness (QED) is 0.738. The number of ether oxygens (including phenoxy) is 1. The van der Waals surface area contributed by atoms with E-state index >= 15 is 0 Å². The number of carbonyl (C=O) groups is 2. The maximum atomic E-state index is 14.1. The summed E-state index contributed by atoms with van der Waals surface area (Å²) >= 11 is 0. The van der Waals surface area contributed by atoms with E-state index in [1.807, 2.05) is 34.1 Å². The Morgan fingerprint density at radius 3 is 2.58 bits per heavy atom. The normalized spacial score (nSPS) is 20.5. The molecule has 6 heteroatoms. The van der Waals surface area contributed by atoms with Crippen LogP contribution in [0.3, 0.4) is 0 Å². The zero-order valence-corrected chi connectivity index (χ0v) is 17.6. The van der Waals surface area contributed by atoms with Gasteiger partial charge in [-0.15, -0.1) is 0 Å². The highest BCUT2D eigenvalue weighted by molar-refractivity contribution is 5.82. The highest BCUT2D eigenvalue weighted by Crippen LogP contribution is 2.41. The van der Waals surface area contributed by atoms with E-state index in [1.54, 1.807) is 6.07 Å². The molecule has 2 fully saturated rings. The molecule has 1 saturated carbocycles. The van der Waals surface area contributed by atoms with E-state index in [2.05, 4.69) is 0 Å². The summed E-state index contributed by atoms with van der Waals surface area (Å²) in [5.41, 5.74) is 2.85. The predicted octanol–water partition coefficient (Wildman–Crippen LogP) is 3.71. The number of rotatable bonds is 5. The van der Waals surface area contributed by atoms with Gasteiger partial charge in [-0.3, -0.25) is 9.59 Å². The summed E-state index contributed by atoms with van der Waals surface area (Å²) in [5, 5.41) is 0. The zero-order chi connectivity index (χ0) is 21.4. The molecule has 0 aromatic heterocycles. The standard InChI is InChI=1S/C25H27FN2O3/c26-20-5-3-4-19(14-20)24-22-15-21(31-16-23(29)27-11-1-2-12-27)9-8-17(22)10-13-28(24)25(30)18-6-7-18/h3-5,8-9,14-15,18,24H,1-2,6-7,10-13,16H2. The Kier molecular flexibility index (Phi) is 5.38.